The van der Waals surface area contributed by atoms with Crippen LogP contribution >= 0.6 is 23.2 Å². The molecule has 2 aromatic rings. The smallest absolute Gasteiger partial charge is 0.337 e. The van der Waals surface area contributed by atoms with E-state index in [0.717, 1.165) is 5.56 Å². The molecule has 142 valence electrons. The summed E-state index contributed by atoms with van der Waals surface area (Å²) in [7, 11) is 1.28. The van der Waals surface area contributed by atoms with E-state index >= 15 is 0 Å². The Balaban J connectivity index is 1.82. The second-order valence-corrected chi connectivity index (χ2v) is 7.15. The van der Waals surface area contributed by atoms with Gasteiger partial charge in [-0.25, -0.2) is 4.79 Å². The minimum absolute atomic E-state index is 0.288. The second-order valence-electron chi connectivity index (χ2n) is 6.34. The Morgan fingerprint density at radius 2 is 1.85 bits per heavy atom. The van der Waals surface area contributed by atoms with Crippen molar-refractivity contribution in [3.63, 3.8) is 0 Å². The lowest BCUT2D eigenvalue weighted by Gasteiger charge is -2.16. The van der Waals surface area contributed by atoms with E-state index in [2.05, 4.69) is 10.6 Å². The van der Waals surface area contributed by atoms with E-state index in [1.807, 2.05) is 6.07 Å². The monoisotopic (exact) mass is 408 g/mol. The first kappa shape index (κ1) is 19.5. The molecule has 27 heavy (non-hydrogen) atoms. The molecule has 1 aliphatic carbocycles. The minimum Gasteiger partial charge on any atom is -0.465 e. The summed E-state index contributed by atoms with van der Waals surface area (Å²) in [5, 5.41) is 16.8. The van der Waals surface area contributed by atoms with Crippen LogP contribution in [-0.2, 0) is 16.1 Å². The number of halogens is 2. The van der Waals surface area contributed by atoms with E-state index in [4.69, 9.17) is 27.9 Å². The third-order valence-corrected chi connectivity index (χ3v) is 5.04. The average molecular weight is 409 g/mol. The Labute approximate surface area is 166 Å². The van der Waals surface area contributed by atoms with E-state index in [1.54, 1.807) is 24.3 Å². The second kappa shape index (κ2) is 7.76. The number of carbonyl (C=O) groups excluding carboxylic acids is 2. The molecule has 6 nitrogen and oxygen atoms in total. The van der Waals surface area contributed by atoms with Gasteiger partial charge in [-0.05, 0) is 48.7 Å². The summed E-state index contributed by atoms with van der Waals surface area (Å²) in [6.45, 7) is 0.418. The highest BCUT2D eigenvalue weighted by molar-refractivity contribution is 6.42. The van der Waals surface area contributed by atoms with Crippen LogP contribution in [0.4, 0.5) is 11.4 Å². The lowest BCUT2D eigenvalue weighted by molar-refractivity contribution is -0.125. The molecular weight excluding hydrogens is 391 g/mol. The molecule has 2 aromatic carbocycles. The fourth-order valence-electron chi connectivity index (χ4n) is 2.48. The van der Waals surface area contributed by atoms with Crippen LogP contribution in [0.2, 0.25) is 10.0 Å². The van der Waals surface area contributed by atoms with Crippen molar-refractivity contribution in [1.82, 2.24) is 0 Å². The number of carbonyl (C=O) groups is 2. The number of benzene rings is 2. The van der Waals surface area contributed by atoms with E-state index in [1.165, 1.54) is 13.2 Å². The summed E-state index contributed by atoms with van der Waals surface area (Å²) in [4.78, 5) is 24.0. The van der Waals surface area contributed by atoms with Gasteiger partial charge < -0.3 is 20.5 Å². The summed E-state index contributed by atoms with van der Waals surface area (Å²) in [6.07, 6.45) is 0.836. The number of rotatable bonds is 6. The van der Waals surface area contributed by atoms with Gasteiger partial charge in [0.25, 0.3) is 5.91 Å². The first-order valence-electron chi connectivity index (χ1n) is 8.26. The van der Waals surface area contributed by atoms with Crippen molar-refractivity contribution in [3.05, 3.63) is 57.6 Å². The molecule has 0 heterocycles. The number of anilines is 2. The Morgan fingerprint density at radius 1 is 1.11 bits per heavy atom. The Kier molecular flexibility index (Phi) is 5.60. The SMILES string of the molecule is COC(=O)c1ccc(NCc2ccc(Cl)c(Cl)c2)c(NC(=O)C2(O)CC2)c1. The van der Waals surface area contributed by atoms with Gasteiger partial charge in [0.2, 0.25) is 0 Å². The Morgan fingerprint density at radius 3 is 2.48 bits per heavy atom. The number of nitrogens with one attached hydrogen (secondary N) is 2. The molecule has 0 atom stereocenters. The highest BCUT2D eigenvalue weighted by Crippen LogP contribution is 2.37. The van der Waals surface area contributed by atoms with E-state index in [0.29, 0.717) is 40.8 Å². The van der Waals surface area contributed by atoms with Crippen LogP contribution in [0.5, 0.6) is 0 Å². The zero-order valence-corrected chi connectivity index (χ0v) is 16.0. The molecule has 1 aliphatic rings. The predicted octanol–water partition coefficient (Wildman–Crippen LogP) is 3.86. The summed E-state index contributed by atoms with van der Waals surface area (Å²) >= 11 is 12.0. The fourth-order valence-corrected chi connectivity index (χ4v) is 2.80. The molecule has 3 rings (SSSR count). The maximum atomic E-state index is 12.2. The number of ether oxygens (including phenoxy) is 1. The van der Waals surface area contributed by atoms with Crippen molar-refractivity contribution in [2.75, 3.05) is 17.7 Å². The van der Waals surface area contributed by atoms with Gasteiger partial charge in [0.05, 0.1) is 34.1 Å². The molecule has 3 N–H and O–H groups in total. The van der Waals surface area contributed by atoms with Crippen LogP contribution in [0.15, 0.2) is 36.4 Å². The molecule has 0 saturated heterocycles. The van der Waals surface area contributed by atoms with Crippen LogP contribution in [0, 0.1) is 0 Å². The molecule has 1 amide bonds. The number of aliphatic hydroxyl groups is 1. The molecule has 0 radical (unpaired) electrons. The van der Waals surface area contributed by atoms with Crippen LogP contribution < -0.4 is 10.6 Å². The van der Waals surface area contributed by atoms with Crippen molar-refractivity contribution >= 4 is 46.5 Å². The predicted molar refractivity (Wildman–Crippen MR) is 104 cm³/mol. The van der Waals surface area contributed by atoms with Gasteiger partial charge in [0.15, 0.2) is 0 Å². The Bertz CT molecular complexity index is 897. The number of methoxy groups -OCH3 is 1. The van der Waals surface area contributed by atoms with Crippen LogP contribution in [0.3, 0.4) is 0 Å². The summed E-state index contributed by atoms with van der Waals surface area (Å²) in [6, 6.07) is 10.0. The van der Waals surface area contributed by atoms with Gasteiger partial charge in [-0.1, -0.05) is 29.3 Å². The summed E-state index contributed by atoms with van der Waals surface area (Å²) < 4.78 is 4.72. The zero-order valence-electron chi connectivity index (χ0n) is 14.5. The molecule has 1 saturated carbocycles. The van der Waals surface area contributed by atoms with Gasteiger partial charge in [0.1, 0.15) is 5.60 Å². The zero-order chi connectivity index (χ0) is 19.6. The molecule has 0 aromatic heterocycles. The van der Waals surface area contributed by atoms with Crippen molar-refractivity contribution in [3.8, 4) is 0 Å². The summed E-state index contributed by atoms with van der Waals surface area (Å²) in [5.41, 5.74) is 0.812. The highest BCUT2D eigenvalue weighted by Gasteiger charge is 2.48. The van der Waals surface area contributed by atoms with Gasteiger partial charge >= 0.3 is 5.97 Å². The standard InChI is InChI=1S/C19H18Cl2N2O4/c1-27-17(24)12-3-5-15(16(9-12)23-18(25)19(26)6-7-19)22-10-11-2-4-13(20)14(21)8-11/h2-5,8-9,22,26H,6-7,10H2,1H3,(H,23,25). The quantitative estimate of drug-likeness (QED) is 0.631. The lowest BCUT2D eigenvalue weighted by atomic mass is 10.1. The first-order chi connectivity index (χ1) is 12.8. The average Bonchev–Trinajstić information content (AvgIpc) is 3.41. The molecule has 1 fully saturated rings. The molecular formula is C19H18Cl2N2O4. The van der Waals surface area contributed by atoms with Crippen LogP contribution in [0.1, 0.15) is 28.8 Å². The van der Waals surface area contributed by atoms with E-state index in [-0.39, 0.29) is 5.56 Å². The Hall–Kier alpha value is -2.28. The molecule has 0 spiro atoms. The maximum absolute atomic E-state index is 12.2. The highest BCUT2D eigenvalue weighted by atomic mass is 35.5. The van der Waals surface area contributed by atoms with Crippen LogP contribution in [-0.4, -0.2) is 29.7 Å². The van der Waals surface area contributed by atoms with Crippen LogP contribution in [0.25, 0.3) is 0 Å². The van der Waals surface area contributed by atoms with Gasteiger partial charge in [-0.3, -0.25) is 4.79 Å². The third-order valence-electron chi connectivity index (χ3n) is 4.30. The van der Waals surface area contributed by atoms with Crippen molar-refractivity contribution in [1.29, 1.82) is 0 Å². The number of amides is 1. The number of hydrogen-bond acceptors (Lipinski definition) is 5. The van der Waals surface area contributed by atoms with Crippen molar-refractivity contribution in [2.24, 2.45) is 0 Å². The largest absolute Gasteiger partial charge is 0.465 e. The normalized spacial score (nSPS) is 14.4. The van der Waals surface area contributed by atoms with E-state index < -0.39 is 17.5 Å². The molecule has 0 bridgehead atoms. The van der Waals surface area contributed by atoms with Gasteiger partial charge in [-0.2, -0.15) is 0 Å². The summed E-state index contributed by atoms with van der Waals surface area (Å²) in [5.74, 6) is -1.02. The van der Waals surface area contributed by atoms with Crippen molar-refractivity contribution < 1.29 is 19.4 Å². The minimum atomic E-state index is -1.33. The molecule has 0 aliphatic heterocycles. The molecule has 0 unspecified atom stereocenters. The van der Waals surface area contributed by atoms with Gasteiger partial charge in [0, 0.05) is 6.54 Å². The maximum Gasteiger partial charge on any atom is 0.337 e. The first-order valence-corrected chi connectivity index (χ1v) is 9.02. The fraction of sp³-hybridized carbons (Fsp3) is 0.263. The van der Waals surface area contributed by atoms with Gasteiger partial charge in [-0.15, -0.1) is 0 Å². The van der Waals surface area contributed by atoms with Crippen molar-refractivity contribution in [2.45, 2.75) is 25.0 Å². The number of hydrogen-bond donors (Lipinski definition) is 3. The third kappa shape index (κ3) is 4.53. The molecule has 8 heteroatoms. The number of esters is 1. The van der Waals surface area contributed by atoms with E-state index in [9.17, 15) is 14.7 Å². The lowest BCUT2D eigenvalue weighted by Crippen LogP contribution is -2.29. The topological polar surface area (TPSA) is 87.7 Å².